The van der Waals surface area contributed by atoms with Gasteiger partial charge in [-0.05, 0) is 30.9 Å². The summed E-state index contributed by atoms with van der Waals surface area (Å²) < 4.78 is 5.36. The van der Waals surface area contributed by atoms with Crippen molar-refractivity contribution in [1.82, 2.24) is 4.98 Å². The maximum atomic E-state index is 5.36. The van der Waals surface area contributed by atoms with Crippen molar-refractivity contribution in [2.24, 2.45) is 5.92 Å². The first kappa shape index (κ1) is 13.2. The van der Waals surface area contributed by atoms with Gasteiger partial charge < -0.3 is 9.73 Å². The van der Waals surface area contributed by atoms with Gasteiger partial charge in [-0.15, -0.1) is 0 Å². The van der Waals surface area contributed by atoms with Gasteiger partial charge in [-0.3, -0.25) is 0 Å². The zero-order valence-corrected chi connectivity index (χ0v) is 12.0. The number of aromatic nitrogens is 1. The van der Waals surface area contributed by atoms with Crippen LogP contribution in [0.2, 0.25) is 0 Å². The number of oxazole rings is 1. The van der Waals surface area contributed by atoms with Gasteiger partial charge in [0.1, 0.15) is 0 Å². The molecule has 0 radical (unpaired) electrons. The fraction of sp³-hybridized carbons (Fsp3) is 0.471. The number of nitrogens with zero attached hydrogens (tertiary/aromatic N) is 1. The lowest BCUT2D eigenvalue weighted by Crippen LogP contribution is -2.27. The quantitative estimate of drug-likeness (QED) is 0.873. The maximum Gasteiger partial charge on any atom is 0.181 e. The van der Waals surface area contributed by atoms with Crippen molar-refractivity contribution in [1.29, 1.82) is 0 Å². The summed E-state index contributed by atoms with van der Waals surface area (Å²) in [6.45, 7) is 2.30. The van der Waals surface area contributed by atoms with Crippen LogP contribution in [0.3, 0.4) is 0 Å². The van der Waals surface area contributed by atoms with Gasteiger partial charge in [0.15, 0.2) is 12.2 Å². The molecule has 0 aliphatic heterocycles. The highest BCUT2D eigenvalue weighted by Crippen LogP contribution is 2.29. The van der Waals surface area contributed by atoms with E-state index in [0.29, 0.717) is 6.04 Å². The van der Waals surface area contributed by atoms with Crippen LogP contribution in [0.4, 0.5) is 5.69 Å². The van der Waals surface area contributed by atoms with E-state index in [1.807, 2.05) is 0 Å². The minimum atomic E-state index is 0.610. The molecular formula is C17H22N2O. The second kappa shape index (κ2) is 6.12. The molecule has 1 fully saturated rings. The molecule has 0 saturated heterocycles. The third-order valence-corrected chi connectivity index (χ3v) is 4.31. The molecule has 1 aliphatic carbocycles. The molecule has 3 nitrogen and oxygen atoms in total. The molecule has 2 unspecified atom stereocenters. The fourth-order valence-electron chi connectivity index (χ4n) is 3.15. The van der Waals surface area contributed by atoms with Gasteiger partial charge in [-0.25, -0.2) is 4.98 Å². The fourth-order valence-corrected chi connectivity index (χ4v) is 3.15. The van der Waals surface area contributed by atoms with Gasteiger partial charge >= 0.3 is 0 Å². The van der Waals surface area contributed by atoms with Crippen LogP contribution < -0.4 is 5.32 Å². The Balaban J connectivity index is 1.70. The Hall–Kier alpha value is -1.77. The topological polar surface area (TPSA) is 38.1 Å². The Morgan fingerprint density at radius 2 is 2.30 bits per heavy atom. The predicted octanol–water partition coefficient (Wildman–Crippen LogP) is 4.72. The zero-order valence-electron chi connectivity index (χ0n) is 12.0. The highest BCUT2D eigenvalue weighted by molar-refractivity contribution is 5.63. The molecule has 0 amide bonds. The van der Waals surface area contributed by atoms with Crippen LogP contribution in [-0.2, 0) is 0 Å². The molecule has 0 bridgehead atoms. The Morgan fingerprint density at radius 3 is 3.10 bits per heavy atom. The number of hydrogen-bond acceptors (Lipinski definition) is 3. The van der Waals surface area contributed by atoms with Crippen LogP contribution in [0, 0.1) is 5.92 Å². The van der Waals surface area contributed by atoms with Crippen LogP contribution in [0.15, 0.2) is 41.3 Å². The summed E-state index contributed by atoms with van der Waals surface area (Å²) >= 11 is 0. The van der Waals surface area contributed by atoms with E-state index < -0.39 is 0 Å². The molecule has 3 rings (SSSR count). The molecule has 2 aromatic rings. The van der Waals surface area contributed by atoms with Crippen molar-refractivity contribution in [3.8, 4) is 11.3 Å². The van der Waals surface area contributed by atoms with Crippen molar-refractivity contribution in [2.75, 3.05) is 5.32 Å². The van der Waals surface area contributed by atoms with Crippen molar-refractivity contribution in [2.45, 2.75) is 45.1 Å². The molecule has 3 heteroatoms. The summed E-state index contributed by atoms with van der Waals surface area (Å²) in [5.41, 5.74) is 2.26. The number of anilines is 1. The van der Waals surface area contributed by atoms with E-state index in [2.05, 4.69) is 41.5 Å². The summed E-state index contributed by atoms with van der Waals surface area (Å²) in [6, 6.07) is 9.02. The summed E-state index contributed by atoms with van der Waals surface area (Å²) in [5.74, 6) is 1.71. The van der Waals surface area contributed by atoms with Crippen molar-refractivity contribution >= 4 is 5.69 Å². The first-order chi connectivity index (χ1) is 9.85. The van der Waals surface area contributed by atoms with Gasteiger partial charge in [0.2, 0.25) is 0 Å². The standard InChI is InChI=1S/C17H22N2O/c1-2-13-5-3-7-15(9-13)19-16-8-4-6-14(10-16)17-11-18-12-20-17/h4,6,8,10-13,15,19H,2-3,5,7,9H2,1H3. The minimum Gasteiger partial charge on any atom is -0.444 e. The SMILES string of the molecule is CCC1CCCC(Nc2cccc(-c3cnco3)c2)C1. The molecule has 1 saturated carbocycles. The number of nitrogens with one attached hydrogen (secondary N) is 1. The minimum absolute atomic E-state index is 0.610. The second-order valence-corrected chi connectivity index (χ2v) is 5.73. The van der Waals surface area contributed by atoms with Crippen LogP contribution >= 0.6 is 0 Å². The number of hydrogen-bond donors (Lipinski definition) is 1. The maximum absolute atomic E-state index is 5.36. The summed E-state index contributed by atoms with van der Waals surface area (Å²) in [5, 5.41) is 3.69. The first-order valence-corrected chi connectivity index (χ1v) is 7.60. The Bertz CT molecular complexity index is 536. The third-order valence-electron chi connectivity index (χ3n) is 4.31. The molecule has 2 atom stereocenters. The Kier molecular flexibility index (Phi) is 4.05. The van der Waals surface area contributed by atoms with Gasteiger partial charge in [-0.1, -0.05) is 38.3 Å². The highest BCUT2D eigenvalue weighted by Gasteiger charge is 2.20. The lowest BCUT2D eigenvalue weighted by Gasteiger charge is -2.29. The Labute approximate surface area is 120 Å². The van der Waals surface area contributed by atoms with E-state index in [9.17, 15) is 0 Å². The van der Waals surface area contributed by atoms with Crippen LogP contribution in [-0.4, -0.2) is 11.0 Å². The van der Waals surface area contributed by atoms with Gasteiger partial charge in [0, 0.05) is 17.3 Å². The Morgan fingerprint density at radius 1 is 1.35 bits per heavy atom. The molecule has 1 heterocycles. The largest absolute Gasteiger partial charge is 0.444 e. The van der Waals surface area contributed by atoms with Crippen molar-refractivity contribution in [3.63, 3.8) is 0 Å². The zero-order chi connectivity index (χ0) is 13.8. The average molecular weight is 270 g/mol. The van der Waals surface area contributed by atoms with E-state index in [4.69, 9.17) is 4.42 Å². The van der Waals surface area contributed by atoms with E-state index in [1.54, 1.807) is 6.20 Å². The highest BCUT2D eigenvalue weighted by atomic mass is 16.3. The number of benzene rings is 1. The van der Waals surface area contributed by atoms with Gasteiger partial charge in [0.05, 0.1) is 6.20 Å². The van der Waals surface area contributed by atoms with Crippen LogP contribution in [0.1, 0.15) is 39.0 Å². The monoisotopic (exact) mass is 270 g/mol. The van der Waals surface area contributed by atoms with Crippen LogP contribution in [0.25, 0.3) is 11.3 Å². The lowest BCUT2D eigenvalue weighted by atomic mass is 9.84. The average Bonchev–Trinajstić information content (AvgIpc) is 3.02. The van der Waals surface area contributed by atoms with E-state index >= 15 is 0 Å². The molecule has 1 aromatic heterocycles. The molecule has 106 valence electrons. The van der Waals surface area contributed by atoms with Gasteiger partial charge in [-0.2, -0.15) is 0 Å². The van der Waals surface area contributed by atoms with Gasteiger partial charge in [0.25, 0.3) is 0 Å². The van der Waals surface area contributed by atoms with E-state index in [1.165, 1.54) is 44.2 Å². The second-order valence-electron chi connectivity index (χ2n) is 5.73. The molecule has 0 spiro atoms. The smallest absolute Gasteiger partial charge is 0.181 e. The van der Waals surface area contributed by atoms with Crippen molar-refractivity contribution in [3.05, 3.63) is 36.9 Å². The predicted molar refractivity (Wildman–Crippen MR) is 81.6 cm³/mol. The molecule has 20 heavy (non-hydrogen) atoms. The number of rotatable bonds is 4. The molecular weight excluding hydrogens is 248 g/mol. The van der Waals surface area contributed by atoms with E-state index in [-0.39, 0.29) is 0 Å². The summed E-state index contributed by atoms with van der Waals surface area (Å²) in [7, 11) is 0. The summed E-state index contributed by atoms with van der Waals surface area (Å²) in [4.78, 5) is 3.98. The molecule has 1 aromatic carbocycles. The molecule has 1 aliphatic rings. The summed E-state index contributed by atoms with van der Waals surface area (Å²) in [6.07, 6.45) is 9.85. The van der Waals surface area contributed by atoms with Crippen molar-refractivity contribution < 1.29 is 4.42 Å². The van der Waals surface area contributed by atoms with E-state index in [0.717, 1.165) is 17.2 Å². The first-order valence-electron chi connectivity index (χ1n) is 7.60. The molecule has 1 N–H and O–H groups in total. The lowest BCUT2D eigenvalue weighted by molar-refractivity contribution is 0.327. The van der Waals surface area contributed by atoms with Crippen LogP contribution in [0.5, 0.6) is 0 Å². The normalized spacial score (nSPS) is 22.6. The third kappa shape index (κ3) is 3.03.